The summed E-state index contributed by atoms with van der Waals surface area (Å²) in [5.41, 5.74) is 10.6. The molecule has 0 aliphatic rings. The van der Waals surface area contributed by atoms with E-state index in [9.17, 15) is 9.59 Å². The van der Waals surface area contributed by atoms with Gasteiger partial charge in [0.1, 0.15) is 11.6 Å². The van der Waals surface area contributed by atoms with Crippen molar-refractivity contribution < 1.29 is 14.3 Å². The Hall–Kier alpha value is -2.87. The van der Waals surface area contributed by atoms with Crippen molar-refractivity contribution in [2.45, 2.75) is 18.9 Å². The predicted molar refractivity (Wildman–Crippen MR) is 87.2 cm³/mol. The van der Waals surface area contributed by atoms with Crippen LogP contribution in [0.5, 0.6) is 0 Å². The zero-order valence-corrected chi connectivity index (χ0v) is 12.5. The second-order valence-electron chi connectivity index (χ2n) is 4.72. The van der Waals surface area contributed by atoms with Gasteiger partial charge in [-0.3, -0.25) is 10.2 Å². The number of guanidine groups is 1. The van der Waals surface area contributed by atoms with Crippen LogP contribution in [0.15, 0.2) is 45.6 Å². The lowest BCUT2D eigenvalue weighted by Gasteiger charge is -2.06. The van der Waals surface area contributed by atoms with Gasteiger partial charge >= 0.3 is 11.6 Å². The maximum Gasteiger partial charge on any atom is 0.336 e. The minimum atomic E-state index is -1.00. The van der Waals surface area contributed by atoms with Gasteiger partial charge in [-0.25, -0.2) is 4.79 Å². The number of hydrogen-bond acceptors (Lipinski definition) is 5. The van der Waals surface area contributed by atoms with Crippen molar-refractivity contribution in [2.75, 3.05) is 6.54 Å². The van der Waals surface area contributed by atoms with E-state index >= 15 is 0 Å². The largest absolute Gasteiger partial charge is 0.480 e. The molecule has 1 aromatic carbocycles. The molecule has 0 spiro atoms. The minimum absolute atomic E-state index is 0.112. The van der Waals surface area contributed by atoms with Crippen LogP contribution in [0.25, 0.3) is 11.0 Å². The molecule has 0 aliphatic carbocycles. The molecule has 0 saturated carbocycles. The lowest BCUT2D eigenvalue weighted by Crippen LogP contribution is -2.34. The van der Waals surface area contributed by atoms with Gasteiger partial charge in [0, 0.05) is 18.0 Å². The number of para-hydroxylation sites is 1. The highest BCUT2D eigenvalue weighted by molar-refractivity contribution is 5.75. The van der Waals surface area contributed by atoms with Gasteiger partial charge in [0.25, 0.3) is 0 Å². The quantitative estimate of drug-likeness (QED) is 0.232. The SMILES string of the molecule is N=C(N)NCCC[C@H](N)C(=O)O.O=c1ccc2ccccc2o1. The number of benzene rings is 1. The Bertz CT molecular complexity index is 714. The standard InChI is InChI=1S/C9H6O2.C6H14N4O2/c10-9-6-5-7-3-1-2-4-8(7)11-9;7-4(5(11)12)2-1-3-10-6(8)9/h1-6H;4H,1-3,7H2,(H,11,12)(H4,8,9,10)/t;4-/m.0/s1. The van der Waals surface area contributed by atoms with E-state index in [1.165, 1.54) is 6.07 Å². The first-order valence-corrected chi connectivity index (χ1v) is 6.95. The number of carboxylic acids is 1. The number of carboxylic acid groups (broad SMARTS) is 1. The molecule has 7 N–H and O–H groups in total. The Morgan fingerprint density at radius 2 is 2.00 bits per heavy atom. The maximum atomic E-state index is 10.7. The highest BCUT2D eigenvalue weighted by Gasteiger charge is 2.09. The fraction of sp³-hybridized carbons (Fsp3) is 0.267. The molecule has 0 amide bonds. The van der Waals surface area contributed by atoms with E-state index in [0.29, 0.717) is 25.0 Å². The van der Waals surface area contributed by atoms with E-state index in [0.717, 1.165) is 5.39 Å². The van der Waals surface area contributed by atoms with Crippen molar-refractivity contribution in [3.63, 3.8) is 0 Å². The van der Waals surface area contributed by atoms with Gasteiger partial charge in [0.05, 0.1) is 0 Å². The normalized spacial score (nSPS) is 11.2. The molecular formula is C15H20N4O4. The van der Waals surface area contributed by atoms with Gasteiger partial charge < -0.3 is 26.3 Å². The van der Waals surface area contributed by atoms with Crippen LogP contribution in [0, 0.1) is 5.41 Å². The van der Waals surface area contributed by atoms with Crippen LogP contribution in [-0.4, -0.2) is 29.6 Å². The molecule has 0 saturated heterocycles. The lowest BCUT2D eigenvalue weighted by atomic mass is 10.2. The summed E-state index contributed by atoms with van der Waals surface area (Å²) in [5, 5.41) is 18.7. The molecule has 1 heterocycles. The summed E-state index contributed by atoms with van der Waals surface area (Å²) < 4.78 is 4.91. The minimum Gasteiger partial charge on any atom is -0.480 e. The first kappa shape index (κ1) is 18.2. The van der Waals surface area contributed by atoms with Gasteiger partial charge in [0.2, 0.25) is 0 Å². The molecule has 0 aliphatic heterocycles. The van der Waals surface area contributed by atoms with Crippen LogP contribution in [0.1, 0.15) is 12.8 Å². The second kappa shape index (κ2) is 9.21. The van der Waals surface area contributed by atoms with Gasteiger partial charge in [-0.15, -0.1) is 0 Å². The first-order valence-electron chi connectivity index (χ1n) is 6.95. The molecule has 0 fully saturated rings. The van der Waals surface area contributed by atoms with Gasteiger partial charge in [-0.1, -0.05) is 18.2 Å². The topological polar surface area (TPSA) is 155 Å². The van der Waals surface area contributed by atoms with Crippen molar-refractivity contribution in [3.05, 3.63) is 46.8 Å². The molecule has 0 unspecified atom stereocenters. The number of carbonyl (C=O) groups is 1. The summed E-state index contributed by atoms with van der Waals surface area (Å²) in [5.74, 6) is -1.11. The average Bonchev–Trinajstić information content (AvgIpc) is 2.51. The third-order valence-electron chi connectivity index (χ3n) is 2.85. The summed E-state index contributed by atoms with van der Waals surface area (Å²) in [7, 11) is 0. The lowest BCUT2D eigenvalue weighted by molar-refractivity contribution is -0.138. The van der Waals surface area contributed by atoms with E-state index in [-0.39, 0.29) is 11.6 Å². The van der Waals surface area contributed by atoms with Gasteiger partial charge in [-0.05, 0) is 25.0 Å². The molecule has 1 atom stereocenters. The Labute approximate surface area is 132 Å². The Morgan fingerprint density at radius 1 is 1.30 bits per heavy atom. The van der Waals surface area contributed by atoms with E-state index in [1.54, 1.807) is 12.1 Å². The number of fused-ring (bicyclic) bond motifs is 1. The molecule has 23 heavy (non-hydrogen) atoms. The third kappa shape index (κ3) is 7.09. The zero-order chi connectivity index (χ0) is 17.2. The van der Waals surface area contributed by atoms with E-state index in [1.807, 2.05) is 18.2 Å². The fourth-order valence-corrected chi connectivity index (χ4v) is 1.68. The molecule has 2 rings (SSSR count). The summed E-state index contributed by atoms with van der Waals surface area (Å²) >= 11 is 0. The van der Waals surface area contributed by atoms with E-state index < -0.39 is 12.0 Å². The molecule has 0 radical (unpaired) electrons. The highest BCUT2D eigenvalue weighted by atomic mass is 16.4. The van der Waals surface area contributed by atoms with Crippen LogP contribution in [0.3, 0.4) is 0 Å². The van der Waals surface area contributed by atoms with Crippen molar-refractivity contribution in [1.82, 2.24) is 5.32 Å². The van der Waals surface area contributed by atoms with Crippen LogP contribution in [0.4, 0.5) is 0 Å². The van der Waals surface area contributed by atoms with Crippen molar-refractivity contribution in [3.8, 4) is 0 Å². The monoisotopic (exact) mass is 320 g/mol. The summed E-state index contributed by atoms with van der Waals surface area (Å²) in [4.78, 5) is 20.9. The fourth-order valence-electron chi connectivity index (χ4n) is 1.68. The van der Waals surface area contributed by atoms with Crippen LogP contribution in [-0.2, 0) is 4.79 Å². The van der Waals surface area contributed by atoms with Gasteiger partial charge in [-0.2, -0.15) is 0 Å². The predicted octanol–water partition coefficient (Wildman–Crippen LogP) is 0.455. The molecule has 8 nitrogen and oxygen atoms in total. The number of rotatable bonds is 5. The van der Waals surface area contributed by atoms with E-state index in [2.05, 4.69) is 5.32 Å². The van der Waals surface area contributed by atoms with Crippen LogP contribution in [0.2, 0.25) is 0 Å². The summed E-state index contributed by atoms with van der Waals surface area (Å²) in [6, 6.07) is 9.77. The number of nitrogens with two attached hydrogens (primary N) is 2. The molecule has 0 bridgehead atoms. The summed E-state index contributed by atoms with van der Waals surface area (Å²) in [6.45, 7) is 0.482. The molecular weight excluding hydrogens is 300 g/mol. The zero-order valence-electron chi connectivity index (χ0n) is 12.5. The second-order valence-corrected chi connectivity index (χ2v) is 4.72. The number of nitrogens with one attached hydrogen (secondary N) is 2. The molecule has 8 heteroatoms. The smallest absolute Gasteiger partial charge is 0.336 e. The highest BCUT2D eigenvalue weighted by Crippen LogP contribution is 2.08. The van der Waals surface area contributed by atoms with Crippen LogP contribution < -0.4 is 22.4 Å². The van der Waals surface area contributed by atoms with E-state index in [4.69, 9.17) is 26.4 Å². The number of aliphatic carboxylic acids is 1. The molecule has 1 aromatic heterocycles. The molecule has 2 aromatic rings. The summed E-state index contributed by atoms with van der Waals surface area (Å²) in [6.07, 6.45) is 0.975. The average molecular weight is 320 g/mol. The first-order chi connectivity index (χ1) is 10.9. The Morgan fingerprint density at radius 3 is 2.65 bits per heavy atom. The Kier molecular flexibility index (Phi) is 7.28. The van der Waals surface area contributed by atoms with Crippen molar-refractivity contribution in [1.29, 1.82) is 5.41 Å². The van der Waals surface area contributed by atoms with Crippen molar-refractivity contribution >= 4 is 22.9 Å². The van der Waals surface area contributed by atoms with Crippen molar-refractivity contribution in [2.24, 2.45) is 11.5 Å². The van der Waals surface area contributed by atoms with Gasteiger partial charge in [0.15, 0.2) is 5.96 Å². The third-order valence-corrected chi connectivity index (χ3v) is 2.85. The molecule has 124 valence electrons. The number of hydrogen-bond donors (Lipinski definition) is 5. The Balaban J connectivity index is 0.000000230. The maximum absolute atomic E-state index is 10.7. The van der Waals surface area contributed by atoms with Crippen LogP contribution >= 0.6 is 0 Å².